The fourth-order valence-corrected chi connectivity index (χ4v) is 3.56. The van der Waals surface area contributed by atoms with Gasteiger partial charge in [0.05, 0.1) is 18.0 Å². The van der Waals surface area contributed by atoms with Crippen molar-refractivity contribution in [1.82, 2.24) is 25.1 Å². The van der Waals surface area contributed by atoms with E-state index in [-0.39, 0.29) is 12.0 Å². The second-order valence-electron chi connectivity index (χ2n) is 5.31. The van der Waals surface area contributed by atoms with Gasteiger partial charge in [-0.05, 0) is 33.3 Å². The van der Waals surface area contributed by atoms with E-state index in [4.69, 9.17) is 4.74 Å². The number of nitrogens with one attached hydrogen (secondary N) is 2. The maximum Gasteiger partial charge on any atom is 0.348 e. The zero-order valence-electron chi connectivity index (χ0n) is 13.9. The summed E-state index contributed by atoms with van der Waals surface area (Å²) in [4.78, 5) is 26.6. The molecular formula is C15H18N6O2S. The number of aromatic amines is 1. The second-order valence-corrected chi connectivity index (χ2v) is 6.31. The van der Waals surface area contributed by atoms with Crippen LogP contribution in [-0.4, -0.2) is 37.7 Å². The number of H-pyrrole nitrogens is 1. The van der Waals surface area contributed by atoms with Crippen LogP contribution in [0.15, 0.2) is 6.33 Å². The van der Waals surface area contributed by atoms with Crippen LogP contribution in [0.2, 0.25) is 0 Å². The van der Waals surface area contributed by atoms with E-state index in [1.54, 1.807) is 6.92 Å². The van der Waals surface area contributed by atoms with E-state index < -0.39 is 0 Å². The Hall–Kier alpha value is -2.55. The first kappa shape index (κ1) is 16.3. The first-order valence-electron chi connectivity index (χ1n) is 7.58. The highest BCUT2D eigenvalue weighted by Gasteiger charge is 2.22. The summed E-state index contributed by atoms with van der Waals surface area (Å²) in [6.07, 6.45) is 1.46. The Labute approximate surface area is 142 Å². The summed E-state index contributed by atoms with van der Waals surface area (Å²) in [7, 11) is 0. The predicted molar refractivity (Wildman–Crippen MR) is 91.3 cm³/mol. The van der Waals surface area contributed by atoms with Gasteiger partial charge in [-0.15, -0.1) is 11.3 Å². The number of nitrogens with zero attached hydrogens (tertiary/aromatic N) is 4. The van der Waals surface area contributed by atoms with Gasteiger partial charge in [0, 0.05) is 0 Å². The van der Waals surface area contributed by atoms with Gasteiger partial charge >= 0.3 is 5.97 Å². The molecule has 1 atom stereocenters. The normalized spacial score (nSPS) is 12.3. The lowest BCUT2D eigenvalue weighted by Crippen LogP contribution is -2.11. The monoisotopic (exact) mass is 346 g/mol. The number of hydrogen-bond acceptors (Lipinski definition) is 8. The third-order valence-corrected chi connectivity index (χ3v) is 4.73. The number of aryl methyl sites for hydroxylation is 2. The molecule has 0 aliphatic rings. The van der Waals surface area contributed by atoms with Crippen molar-refractivity contribution in [3.8, 4) is 0 Å². The van der Waals surface area contributed by atoms with Gasteiger partial charge in [-0.3, -0.25) is 5.10 Å². The topological polar surface area (TPSA) is 106 Å². The lowest BCUT2D eigenvalue weighted by atomic mass is 10.2. The van der Waals surface area contributed by atoms with Gasteiger partial charge in [-0.25, -0.2) is 19.7 Å². The van der Waals surface area contributed by atoms with E-state index in [0.717, 1.165) is 15.8 Å². The van der Waals surface area contributed by atoms with Crippen LogP contribution in [-0.2, 0) is 4.74 Å². The standard InChI is InChI=1S/C15H18N6O2S/c1-5-23-15(22)11-7(2)10-13(19-9(4)20-14(10)24-11)18-8(3)12-16-6-17-21-12/h6,8H,5H2,1-4H3,(H,16,17,21)(H,18,19,20). The zero-order valence-corrected chi connectivity index (χ0v) is 14.7. The van der Waals surface area contributed by atoms with Gasteiger partial charge in [0.25, 0.3) is 0 Å². The summed E-state index contributed by atoms with van der Waals surface area (Å²) >= 11 is 1.32. The predicted octanol–water partition coefficient (Wildman–Crippen LogP) is 2.78. The molecule has 9 heteroatoms. The van der Waals surface area contributed by atoms with Crippen LogP contribution in [0.5, 0.6) is 0 Å². The van der Waals surface area contributed by atoms with Crippen LogP contribution in [0, 0.1) is 13.8 Å². The number of ether oxygens (including phenoxy) is 1. The van der Waals surface area contributed by atoms with Crippen LogP contribution in [0.1, 0.15) is 46.8 Å². The Bertz CT molecular complexity index is 874. The molecule has 0 spiro atoms. The molecule has 0 aliphatic carbocycles. The Balaban J connectivity index is 2.05. The number of thiophene rings is 1. The molecule has 0 aromatic carbocycles. The van der Waals surface area contributed by atoms with Gasteiger partial charge < -0.3 is 10.1 Å². The average Bonchev–Trinajstić information content (AvgIpc) is 3.15. The summed E-state index contributed by atoms with van der Waals surface area (Å²) in [6, 6.07) is -0.115. The zero-order chi connectivity index (χ0) is 17.3. The van der Waals surface area contributed by atoms with Crippen molar-refractivity contribution < 1.29 is 9.53 Å². The van der Waals surface area contributed by atoms with Crippen LogP contribution in [0.25, 0.3) is 10.2 Å². The molecular weight excluding hydrogens is 328 g/mol. The van der Waals surface area contributed by atoms with Crippen LogP contribution in [0.3, 0.4) is 0 Å². The minimum atomic E-state index is -0.329. The Morgan fingerprint density at radius 3 is 2.88 bits per heavy atom. The largest absolute Gasteiger partial charge is 0.462 e. The quantitative estimate of drug-likeness (QED) is 0.684. The highest BCUT2D eigenvalue weighted by atomic mass is 32.1. The Morgan fingerprint density at radius 2 is 2.21 bits per heavy atom. The fourth-order valence-electron chi connectivity index (χ4n) is 2.44. The molecule has 3 aromatic heterocycles. The number of carbonyl (C=O) groups is 1. The lowest BCUT2D eigenvalue weighted by Gasteiger charge is -2.13. The molecule has 126 valence electrons. The molecule has 0 bridgehead atoms. The number of anilines is 1. The van der Waals surface area contributed by atoms with E-state index in [1.165, 1.54) is 17.7 Å². The van der Waals surface area contributed by atoms with Crippen molar-refractivity contribution in [2.75, 3.05) is 11.9 Å². The lowest BCUT2D eigenvalue weighted by molar-refractivity contribution is 0.0531. The number of carbonyl (C=O) groups excluding carboxylic acids is 1. The summed E-state index contributed by atoms with van der Waals surface area (Å²) in [5, 5.41) is 10.9. The number of fused-ring (bicyclic) bond motifs is 1. The molecule has 3 aromatic rings. The summed E-state index contributed by atoms with van der Waals surface area (Å²) in [6.45, 7) is 7.79. The molecule has 0 saturated carbocycles. The Kier molecular flexibility index (Phi) is 4.43. The van der Waals surface area contributed by atoms with E-state index in [0.29, 0.717) is 29.0 Å². The maximum atomic E-state index is 12.1. The van der Waals surface area contributed by atoms with Crippen molar-refractivity contribution in [2.24, 2.45) is 0 Å². The molecule has 8 nitrogen and oxygen atoms in total. The third kappa shape index (κ3) is 2.94. The first-order chi connectivity index (χ1) is 11.5. The van der Waals surface area contributed by atoms with E-state index >= 15 is 0 Å². The Morgan fingerprint density at radius 1 is 1.42 bits per heavy atom. The number of aromatic nitrogens is 5. The molecule has 3 heterocycles. The summed E-state index contributed by atoms with van der Waals surface area (Å²) < 4.78 is 5.13. The van der Waals surface area contributed by atoms with Gasteiger partial charge in [0.1, 0.15) is 33.5 Å². The van der Waals surface area contributed by atoms with Crippen molar-refractivity contribution in [1.29, 1.82) is 0 Å². The molecule has 0 amide bonds. The van der Waals surface area contributed by atoms with Crippen molar-refractivity contribution >= 4 is 33.3 Å². The van der Waals surface area contributed by atoms with E-state index in [9.17, 15) is 4.79 Å². The molecule has 24 heavy (non-hydrogen) atoms. The van der Waals surface area contributed by atoms with E-state index in [2.05, 4.69) is 30.5 Å². The third-order valence-electron chi connectivity index (χ3n) is 3.56. The highest BCUT2D eigenvalue weighted by molar-refractivity contribution is 7.20. The van der Waals surface area contributed by atoms with Crippen molar-refractivity contribution in [2.45, 2.75) is 33.7 Å². The minimum absolute atomic E-state index is 0.115. The molecule has 0 aliphatic heterocycles. The van der Waals surface area contributed by atoms with Crippen LogP contribution < -0.4 is 5.32 Å². The average molecular weight is 346 g/mol. The SMILES string of the molecule is CCOC(=O)c1sc2nc(C)nc(NC(C)c3ncn[nH]3)c2c1C. The second kappa shape index (κ2) is 6.52. The molecule has 0 saturated heterocycles. The van der Waals surface area contributed by atoms with Gasteiger partial charge in [-0.1, -0.05) is 0 Å². The van der Waals surface area contributed by atoms with Gasteiger partial charge in [0.2, 0.25) is 0 Å². The smallest absolute Gasteiger partial charge is 0.348 e. The van der Waals surface area contributed by atoms with Crippen LogP contribution >= 0.6 is 11.3 Å². The van der Waals surface area contributed by atoms with Crippen LogP contribution in [0.4, 0.5) is 5.82 Å². The number of esters is 1. The molecule has 2 N–H and O–H groups in total. The maximum absolute atomic E-state index is 12.1. The molecule has 0 fully saturated rings. The summed E-state index contributed by atoms with van der Waals surface area (Å²) in [5.41, 5.74) is 0.820. The van der Waals surface area contributed by atoms with Crippen molar-refractivity contribution in [3.63, 3.8) is 0 Å². The fraction of sp³-hybridized carbons (Fsp3) is 0.400. The van der Waals surface area contributed by atoms with Crippen molar-refractivity contribution in [3.05, 3.63) is 28.4 Å². The minimum Gasteiger partial charge on any atom is -0.462 e. The van der Waals surface area contributed by atoms with Gasteiger partial charge in [-0.2, -0.15) is 5.10 Å². The summed E-state index contributed by atoms with van der Waals surface area (Å²) in [5.74, 6) is 1.68. The number of rotatable bonds is 5. The first-order valence-corrected chi connectivity index (χ1v) is 8.39. The molecule has 3 rings (SSSR count). The highest BCUT2D eigenvalue weighted by Crippen LogP contribution is 2.35. The van der Waals surface area contributed by atoms with Gasteiger partial charge in [0.15, 0.2) is 0 Å². The molecule has 1 unspecified atom stereocenters. The van der Waals surface area contributed by atoms with E-state index in [1.807, 2.05) is 20.8 Å². The number of hydrogen-bond donors (Lipinski definition) is 2. The molecule has 0 radical (unpaired) electrons.